The molecule has 0 amide bonds. The van der Waals surface area contributed by atoms with Gasteiger partial charge in [0.2, 0.25) is 0 Å². The van der Waals surface area contributed by atoms with Crippen molar-refractivity contribution in [2.45, 2.75) is 74.1 Å². The van der Waals surface area contributed by atoms with Gasteiger partial charge in [0, 0.05) is 0 Å². The van der Waals surface area contributed by atoms with Gasteiger partial charge in [-0.25, -0.2) is 52.7 Å². The highest BCUT2D eigenvalue weighted by molar-refractivity contribution is 7.77. The Hall–Kier alpha value is -0.750. The summed E-state index contributed by atoms with van der Waals surface area (Å²) < 4.78 is 330. The van der Waals surface area contributed by atoms with E-state index in [2.05, 4.69) is 28.1 Å². The van der Waals surface area contributed by atoms with Gasteiger partial charge in [0.25, 0.3) is 25.3 Å². The molecule has 0 atom stereocenters. The summed E-state index contributed by atoms with van der Waals surface area (Å²) in [5, 5.41) is 0. The van der Waals surface area contributed by atoms with Gasteiger partial charge in [-0.15, -0.1) is 0 Å². The molecule has 0 spiro atoms. The molecule has 0 saturated carbocycles. The summed E-state index contributed by atoms with van der Waals surface area (Å²) >= 11 is 0. The molecule has 0 unspecified atom stereocenters. The molecule has 1 aliphatic rings. The molecule has 0 aliphatic carbocycles. The molecule has 324 valence electrons. The Balaban J connectivity index is 4.22. The largest absolute Gasteiger partial charge is 0.332 e. The number of hydrogen-bond donors (Lipinski definition) is 0. The fourth-order valence-corrected chi connectivity index (χ4v) is 9.39. The predicted octanol–water partition coefficient (Wildman–Crippen LogP) is 9.83. The SMILES string of the molecule is FC(F)C(F)(F)CON1P(OCC(F)(F)C(F)F)N(OCC(F)(F)C(F)F)P(OCC(F)(F)C(F)F)N(OCC(F)(F)C(F)F)P1OCC(F)(F)C(F)F. The summed E-state index contributed by atoms with van der Waals surface area (Å²) in [5.74, 6) is -33.6. The van der Waals surface area contributed by atoms with Crippen molar-refractivity contribution in [2.24, 2.45) is 0 Å². The minimum atomic E-state index is -5.61. The molecule has 0 bridgehead atoms. The number of alkyl halides is 24. The molecule has 36 heteroatoms. The quantitative estimate of drug-likeness (QED) is 0.0696. The van der Waals surface area contributed by atoms with E-state index < -0.39 is 153 Å². The van der Waals surface area contributed by atoms with Crippen LogP contribution < -0.4 is 0 Å². The van der Waals surface area contributed by atoms with Gasteiger partial charge in [0.15, 0.2) is 0 Å². The van der Waals surface area contributed by atoms with Crippen LogP contribution in [0.1, 0.15) is 0 Å². The van der Waals surface area contributed by atoms with E-state index in [1.165, 1.54) is 0 Å². The number of nitrogens with zero attached hydrogens (tertiary/aromatic N) is 3. The minimum Gasteiger partial charge on any atom is -0.321 e. The third-order valence-electron chi connectivity index (χ3n) is 5.03. The number of hydrogen-bond acceptors (Lipinski definition) is 9. The second-order valence-electron chi connectivity index (χ2n) is 9.53. The fourth-order valence-electron chi connectivity index (χ4n) is 2.23. The lowest BCUT2D eigenvalue weighted by Crippen LogP contribution is -2.46. The van der Waals surface area contributed by atoms with Gasteiger partial charge in [-0.1, -0.05) is 13.8 Å². The highest BCUT2D eigenvalue weighted by atomic mass is 31.3. The summed E-state index contributed by atoms with van der Waals surface area (Å²) in [6, 6.07) is 0. The molecule has 54 heavy (non-hydrogen) atoms. The molecule has 0 aromatic heterocycles. The normalized spacial score (nSPS) is 21.3. The van der Waals surface area contributed by atoms with Crippen LogP contribution in [0.2, 0.25) is 0 Å². The molecular weight excluding hydrogens is 903 g/mol. The van der Waals surface area contributed by atoms with E-state index in [1.807, 2.05) is 0 Å². The molecule has 0 aromatic carbocycles. The summed E-state index contributed by atoms with van der Waals surface area (Å²) in [4.78, 5) is 12.2. The van der Waals surface area contributed by atoms with Crippen molar-refractivity contribution in [3.05, 3.63) is 0 Å². The van der Waals surface area contributed by atoms with Gasteiger partial charge in [0.05, 0.1) is 0 Å². The van der Waals surface area contributed by atoms with Gasteiger partial charge in [-0.05, 0) is 0 Å². The van der Waals surface area contributed by atoms with Crippen LogP contribution in [0, 0.1) is 0 Å². The Morgan fingerprint density at radius 1 is 0.296 bits per heavy atom. The van der Waals surface area contributed by atoms with Gasteiger partial charge < -0.3 is 13.6 Å². The molecule has 0 aromatic rings. The summed E-state index contributed by atoms with van der Waals surface area (Å²) in [6.07, 6.45) is -29.4. The molecule has 0 radical (unpaired) electrons. The van der Waals surface area contributed by atoms with Crippen molar-refractivity contribution in [3.8, 4) is 0 Å². The third-order valence-corrected chi connectivity index (χ3v) is 11.3. The molecule has 1 heterocycles. The van der Waals surface area contributed by atoms with E-state index in [0.717, 1.165) is 0 Å². The lowest BCUT2D eigenvalue weighted by molar-refractivity contribution is -0.228. The Kier molecular flexibility index (Phi) is 18.8. The monoisotopic (exact) mass is 921 g/mol. The summed E-state index contributed by atoms with van der Waals surface area (Å²) in [7, 11) is -14.6. The van der Waals surface area contributed by atoms with Gasteiger partial charge >= 0.3 is 74.1 Å². The zero-order valence-electron chi connectivity index (χ0n) is 24.9. The van der Waals surface area contributed by atoms with Crippen LogP contribution in [0.15, 0.2) is 0 Å². The van der Waals surface area contributed by atoms with Gasteiger partial charge in [0.1, 0.15) is 39.6 Å². The highest BCUT2D eigenvalue weighted by Crippen LogP contribution is 2.78. The first-order valence-electron chi connectivity index (χ1n) is 12.8. The molecule has 0 N–H and O–H groups in total. The van der Waals surface area contributed by atoms with E-state index in [9.17, 15) is 105 Å². The summed E-state index contributed by atoms with van der Waals surface area (Å²) in [5.41, 5.74) is 0. The average Bonchev–Trinajstić information content (AvgIpc) is 3.02. The van der Waals surface area contributed by atoms with Crippen LogP contribution in [0.4, 0.5) is 105 Å². The van der Waals surface area contributed by atoms with E-state index >= 15 is 0 Å². The van der Waals surface area contributed by atoms with Crippen LogP contribution in [0.5, 0.6) is 0 Å². The van der Waals surface area contributed by atoms with Crippen LogP contribution in [-0.4, -0.2) is 128 Å². The van der Waals surface area contributed by atoms with Crippen LogP contribution in [-0.2, 0) is 28.1 Å². The number of halogens is 24. The first-order chi connectivity index (χ1) is 24.2. The van der Waals surface area contributed by atoms with E-state index in [-0.39, 0.29) is 0 Å². The number of rotatable bonds is 24. The van der Waals surface area contributed by atoms with E-state index in [0.29, 0.717) is 0 Å². The van der Waals surface area contributed by atoms with Crippen LogP contribution >= 0.6 is 25.3 Å². The van der Waals surface area contributed by atoms with Crippen LogP contribution in [0.25, 0.3) is 0 Å². The molecule has 1 aliphatic heterocycles. The topological polar surface area (TPSA) is 65.1 Å². The van der Waals surface area contributed by atoms with Crippen molar-refractivity contribution in [1.29, 1.82) is 0 Å². The fraction of sp³-hybridized carbons (Fsp3) is 1.00. The molecule has 1 fully saturated rings. The maximum atomic E-state index is 13.9. The van der Waals surface area contributed by atoms with Gasteiger partial charge in [-0.3, -0.25) is 14.5 Å². The van der Waals surface area contributed by atoms with Crippen molar-refractivity contribution >= 4 is 25.3 Å². The zero-order chi connectivity index (χ0) is 42.4. The van der Waals surface area contributed by atoms with E-state index in [4.69, 9.17) is 0 Å². The average molecular weight is 921 g/mol. The molecular formula is C18H18F24N3O6P3. The Labute approximate surface area is 287 Å². The minimum absolute atomic E-state index is 1.17. The van der Waals surface area contributed by atoms with Crippen molar-refractivity contribution in [2.75, 3.05) is 39.6 Å². The molecule has 9 nitrogen and oxygen atoms in total. The third kappa shape index (κ3) is 14.3. The van der Waals surface area contributed by atoms with Crippen molar-refractivity contribution < 1.29 is 133 Å². The van der Waals surface area contributed by atoms with Crippen molar-refractivity contribution in [1.82, 2.24) is 13.8 Å². The predicted molar refractivity (Wildman–Crippen MR) is 128 cm³/mol. The second-order valence-corrected chi connectivity index (χ2v) is 14.9. The standard InChI is InChI=1S/C18H18F24N3O6P3/c19-7(20)13(31,32)1-46-43-52(49-4-16(37,38)10(25)26)44(47-2-14(33,34)8(21)22)54(51-6-18(41,42)12(29)30)45(48-3-15(35,36)9(23)24)53(43)50-5-17(39,40)11(27)28/h7-12H,1-6H2. The first-order valence-corrected chi connectivity index (χ1v) is 16.3. The molecule has 1 saturated heterocycles. The maximum absolute atomic E-state index is 13.9. The molecule has 1 rings (SSSR count). The maximum Gasteiger partial charge on any atom is 0.332 e. The van der Waals surface area contributed by atoms with Crippen molar-refractivity contribution in [3.63, 3.8) is 0 Å². The van der Waals surface area contributed by atoms with E-state index in [1.54, 1.807) is 0 Å². The highest BCUT2D eigenvalue weighted by Gasteiger charge is 2.61. The van der Waals surface area contributed by atoms with Crippen LogP contribution in [0.3, 0.4) is 0 Å². The zero-order valence-corrected chi connectivity index (χ0v) is 27.6. The lowest BCUT2D eigenvalue weighted by Gasteiger charge is -2.50. The smallest absolute Gasteiger partial charge is 0.321 e. The Morgan fingerprint density at radius 3 is 0.593 bits per heavy atom. The lowest BCUT2D eigenvalue weighted by atomic mass is 10.4. The Bertz CT molecular complexity index is 909. The second kappa shape index (κ2) is 19.8. The first kappa shape index (κ1) is 51.3. The summed E-state index contributed by atoms with van der Waals surface area (Å²) in [6.45, 7) is -18.1. The Morgan fingerprint density at radius 2 is 0.444 bits per heavy atom. The van der Waals surface area contributed by atoms with Gasteiger partial charge in [-0.2, -0.15) is 52.7 Å².